The maximum absolute atomic E-state index is 10.7. The molecule has 7 heteroatoms. The molecule has 2 rings (SSSR count). The van der Waals surface area contributed by atoms with E-state index >= 15 is 0 Å². The minimum atomic E-state index is -0.264. The summed E-state index contributed by atoms with van der Waals surface area (Å²) < 4.78 is 3.79. The van der Waals surface area contributed by atoms with Crippen molar-refractivity contribution < 1.29 is 4.79 Å². The molecule has 0 atom stereocenters. The Bertz CT molecular complexity index is 612. The molecule has 20 heavy (non-hydrogen) atoms. The van der Waals surface area contributed by atoms with E-state index in [4.69, 9.17) is 11.5 Å². The van der Waals surface area contributed by atoms with E-state index in [1.807, 2.05) is 16.3 Å². The molecule has 2 aromatic rings. The topological polar surface area (TPSA) is 105 Å². The largest absolute Gasteiger partial charge is 0.370 e. The van der Waals surface area contributed by atoms with Crippen LogP contribution in [0.4, 0.5) is 5.95 Å². The van der Waals surface area contributed by atoms with Crippen molar-refractivity contribution in [3.05, 3.63) is 5.69 Å². The van der Waals surface area contributed by atoms with Gasteiger partial charge in [-0.2, -0.15) is 5.10 Å². The number of hydrogen-bond acceptors (Lipinski definition) is 4. The van der Waals surface area contributed by atoms with Gasteiger partial charge in [0.25, 0.3) is 0 Å². The Hall–Kier alpha value is -2.05. The van der Waals surface area contributed by atoms with Crippen LogP contribution in [0, 0.1) is 0 Å². The third kappa shape index (κ3) is 2.76. The van der Waals surface area contributed by atoms with E-state index in [0.29, 0.717) is 12.4 Å². The monoisotopic (exact) mass is 278 g/mol. The molecule has 110 valence electrons. The molecular formula is C13H22N6O. The Morgan fingerprint density at radius 1 is 1.35 bits per heavy atom. The van der Waals surface area contributed by atoms with Crippen molar-refractivity contribution in [2.24, 2.45) is 12.8 Å². The minimum absolute atomic E-state index is 0.264. The molecule has 0 aliphatic heterocycles. The number of rotatable bonds is 7. The molecule has 0 saturated heterocycles. The second-order valence-electron chi connectivity index (χ2n) is 5.04. The van der Waals surface area contributed by atoms with E-state index in [1.54, 1.807) is 0 Å². The van der Waals surface area contributed by atoms with Crippen molar-refractivity contribution in [3.8, 4) is 0 Å². The van der Waals surface area contributed by atoms with Crippen LogP contribution >= 0.6 is 0 Å². The average Bonchev–Trinajstić information content (AvgIpc) is 2.85. The lowest BCUT2D eigenvalue weighted by atomic mass is 10.2. The molecule has 0 fully saturated rings. The molecule has 2 heterocycles. The second-order valence-corrected chi connectivity index (χ2v) is 5.04. The van der Waals surface area contributed by atoms with Gasteiger partial charge in [-0.05, 0) is 19.3 Å². The number of carbonyl (C=O) groups is 1. The maximum atomic E-state index is 10.7. The van der Waals surface area contributed by atoms with Gasteiger partial charge in [-0.25, -0.2) is 4.98 Å². The van der Waals surface area contributed by atoms with E-state index in [-0.39, 0.29) is 5.91 Å². The number of aryl methyl sites for hydroxylation is 3. The number of hydrogen-bond donors (Lipinski definition) is 2. The summed E-state index contributed by atoms with van der Waals surface area (Å²) in [6, 6.07) is 0. The van der Waals surface area contributed by atoms with Crippen LogP contribution in [-0.2, 0) is 24.8 Å². The number of fused-ring (bicyclic) bond motifs is 1. The third-order valence-corrected chi connectivity index (χ3v) is 3.36. The van der Waals surface area contributed by atoms with Crippen LogP contribution in [0.3, 0.4) is 0 Å². The molecular weight excluding hydrogens is 256 g/mol. The van der Waals surface area contributed by atoms with Gasteiger partial charge in [-0.3, -0.25) is 14.0 Å². The van der Waals surface area contributed by atoms with E-state index in [1.165, 1.54) is 0 Å². The normalized spacial score (nSPS) is 11.3. The van der Waals surface area contributed by atoms with Gasteiger partial charge in [-0.1, -0.05) is 13.3 Å². The van der Waals surface area contributed by atoms with Crippen LogP contribution in [0.5, 0.6) is 0 Å². The molecule has 0 aromatic carbocycles. The first-order valence-corrected chi connectivity index (χ1v) is 7.00. The predicted molar refractivity (Wildman–Crippen MR) is 78.0 cm³/mol. The first-order chi connectivity index (χ1) is 9.54. The summed E-state index contributed by atoms with van der Waals surface area (Å²) in [4.78, 5) is 15.2. The van der Waals surface area contributed by atoms with Gasteiger partial charge < -0.3 is 11.5 Å². The van der Waals surface area contributed by atoms with Gasteiger partial charge in [-0.15, -0.1) is 0 Å². The number of anilines is 1. The number of aromatic nitrogens is 4. The second kappa shape index (κ2) is 5.94. The number of primary amides is 1. The molecule has 7 nitrogen and oxygen atoms in total. The Kier molecular flexibility index (Phi) is 4.26. The summed E-state index contributed by atoms with van der Waals surface area (Å²) in [6.45, 7) is 2.84. The standard InChI is InChI=1S/C13H22N6O/c1-3-6-9-11-12(18(2)17-9)19(13(15)16-11)8-5-4-7-10(14)20/h3-8H2,1-2H3,(H2,14,20)(H2,15,16). The van der Waals surface area contributed by atoms with Crippen LogP contribution in [0.15, 0.2) is 0 Å². The highest BCUT2D eigenvalue weighted by atomic mass is 16.1. The summed E-state index contributed by atoms with van der Waals surface area (Å²) in [7, 11) is 1.91. The number of nitrogens with zero attached hydrogens (tertiary/aromatic N) is 4. The molecule has 0 aliphatic carbocycles. The molecule has 0 bridgehead atoms. The minimum Gasteiger partial charge on any atom is -0.370 e. The first-order valence-electron chi connectivity index (χ1n) is 7.00. The lowest BCUT2D eigenvalue weighted by molar-refractivity contribution is -0.118. The maximum Gasteiger partial charge on any atom is 0.217 e. The number of carbonyl (C=O) groups excluding carboxylic acids is 1. The van der Waals surface area contributed by atoms with Gasteiger partial charge in [0.05, 0.1) is 5.69 Å². The fourth-order valence-electron chi connectivity index (χ4n) is 2.45. The SMILES string of the molecule is CCCc1nn(C)c2c1nc(N)n2CCCCC(N)=O. The Morgan fingerprint density at radius 2 is 2.10 bits per heavy atom. The molecule has 0 radical (unpaired) electrons. The number of nitrogens with two attached hydrogens (primary N) is 2. The van der Waals surface area contributed by atoms with Gasteiger partial charge in [0.2, 0.25) is 11.9 Å². The highest BCUT2D eigenvalue weighted by Gasteiger charge is 2.17. The van der Waals surface area contributed by atoms with Gasteiger partial charge >= 0.3 is 0 Å². The molecule has 0 spiro atoms. The van der Waals surface area contributed by atoms with Crippen molar-refractivity contribution in [1.29, 1.82) is 0 Å². The van der Waals surface area contributed by atoms with Crippen molar-refractivity contribution in [2.75, 3.05) is 5.73 Å². The predicted octanol–water partition coefficient (Wildman–Crippen LogP) is 0.960. The summed E-state index contributed by atoms with van der Waals surface area (Å²) in [6.07, 6.45) is 3.93. The Morgan fingerprint density at radius 3 is 2.75 bits per heavy atom. The molecule has 4 N–H and O–H groups in total. The number of imidazole rings is 1. The highest BCUT2D eigenvalue weighted by Crippen LogP contribution is 2.22. The van der Waals surface area contributed by atoms with E-state index < -0.39 is 0 Å². The van der Waals surface area contributed by atoms with Gasteiger partial charge in [0, 0.05) is 20.0 Å². The summed E-state index contributed by atoms with van der Waals surface area (Å²) >= 11 is 0. The van der Waals surface area contributed by atoms with Crippen LogP contribution in [0.25, 0.3) is 11.2 Å². The van der Waals surface area contributed by atoms with Crippen molar-refractivity contribution in [3.63, 3.8) is 0 Å². The van der Waals surface area contributed by atoms with Crippen molar-refractivity contribution in [1.82, 2.24) is 19.3 Å². The van der Waals surface area contributed by atoms with E-state index in [0.717, 1.165) is 49.1 Å². The van der Waals surface area contributed by atoms with Crippen molar-refractivity contribution >= 4 is 23.0 Å². The zero-order valence-corrected chi connectivity index (χ0v) is 12.1. The quantitative estimate of drug-likeness (QED) is 0.736. The fraction of sp³-hybridized carbons (Fsp3) is 0.615. The lowest BCUT2D eigenvalue weighted by Crippen LogP contribution is -2.11. The smallest absolute Gasteiger partial charge is 0.217 e. The van der Waals surface area contributed by atoms with E-state index in [9.17, 15) is 4.79 Å². The summed E-state index contributed by atoms with van der Waals surface area (Å²) in [5.74, 6) is 0.240. The zero-order chi connectivity index (χ0) is 14.7. The Balaban J connectivity index is 2.20. The van der Waals surface area contributed by atoms with Crippen molar-refractivity contribution in [2.45, 2.75) is 45.6 Å². The Labute approximate surface area is 117 Å². The zero-order valence-electron chi connectivity index (χ0n) is 12.1. The molecule has 2 aromatic heterocycles. The molecule has 1 amide bonds. The third-order valence-electron chi connectivity index (χ3n) is 3.36. The van der Waals surface area contributed by atoms with Crippen LogP contribution in [0.2, 0.25) is 0 Å². The number of amides is 1. The summed E-state index contributed by atoms with van der Waals surface area (Å²) in [5, 5.41) is 4.50. The van der Waals surface area contributed by atoms with E-state index in [2.05, 4.69) is 17.0 Å². The molecule has 0 aliphatic rings. The van der Waals surface area contributed by atoms with Crippen LogP contribution < -0.4 is 11.5 Å². The number of nitrogen functional groups attached to an aromatic ring is 1. The van der Waals surface area contributed by atoms with Gasteiger partial charge in [0.1, 0.15) is 5.52 Å². The molecule has 0 saturated carbocycles. The lowest BCUT2D eigenvalue weighted by Gasteiger charge is -2.06. The fourth-order valence-corrected chi connectivity index (χ4v) is 2.45. The van der Waals surface area contributed by atoms with Crippen LogP contribution in [-0.4, -0.2) is 25.2 Å². The average molecular weight is 278 g/mol. The van der Waals surface area contributed by atoms with Gasteiger partial charge in [0.15, 0.2) is 5.65 Å². The number of unbranched alkanes of at least 4 members (excludes halogenated alkanes) is 1. The highest BCUT2D eigenvalue weighted by molar-refractivity contribution is 5.77. The summed E-state index contributed by atoms with van der Waals surface area (Å²) in [5.41, 5.74) is 14.0. The first kappa shape index (κ1) is 14.4. The molecule has 0 unspecified atom stereocenters. The van der Waals surface area contributed by atoms with Crippen LogP contribution in [0.1, 0.15) is 38.3 Å².